The molecule has 29 heavy (non-hydrogen) atoms. The Morgan fingerprint density at radius 3 is 2.62 bits per heavy atom. The van der Waals surface area contributed by atoms with Crippen molar-refractivity contribution in [3.8, 4) is 0 Å². The minimum Gasteiger partial charge on any atom is -0.376 e. The minimum absolute atomic E-state index is 0.107. The molecule has 3 amide bonds. The number of rotatable bonds is 4. The van der Waals surface area contributed by atoms with E-state index in [-0.39, 0.29) is 35.9 Å². The molecule has 2 aliphatic rings. The maximum absolute atomic E-state index is 13.0. The van der Waals surface area contributed by atoms with Crippen LogP contribution in [0.15, 0.2) is 40.9 Å². The van der Waals surface area contributed by atoms with Gasteiger partial charge in [0.2, 0.25) is 0 Å². The molecule has 150 valence electrons. The molecule has 0 saturated carbocycles. The van der Waals surface area contributed by atoms with Crippen LogP contribution in [0.3, 0.4) is 0 Å². The molecule has 0 radical (unpaired) electrons. The van der Waals surface area contributed by atoms with Crippen molar-refractivity contribution in [2.45, 2.75) is 25.9 Å². The molecule has 0 spiro atoms. The van der Waals surface area contributed by atoms with Gasteiger partial charge in [-0.3, -0.25) is 19.3 Å². The quantitative estimate of drug-likeness (QED) is 0.656. The number of benzene rings is 2. The van der Waals surface area contributed by atoms with E-state index in [1.165, 1.54) is 11.0 Å². The highest BCUT2D eigenvalue weighted by molar-refractivity contribution is 9.10. The number of ether oxygens (including phenoxy) is 1. The molecule has 0 aliphatic carbocycles. The summed E-state index contributed by atoms with van der Waals surface area (Å²) in [6.45, 7) is 2.85. The van der Waals surface area contributed by atoms with Crippen LogP contribution in [0.5, 0.6) is 0 Å². The monoisotopic (exact) mass is 456 g/mol. The third-order valence-electron chi connectivity index (χ3n) is 5.45. The molecular weight excluding hydrogens is 436 g/mol. The van der Waals surface area contributed by atoms with Crippen LogP contribution in [0.1, 0.15) is 49.5 Å². The standard InChI is InChI=1S/C22H21BrN2O4/c1-13-10-15(23)6-8-19(13)24(2)20(26)14-5-7-17-18(11-14)22(28)25(21(17)27)12-16-4-3-9-29-16/h5-8,10-11,16H,3-4,9,12H2,1-2H3. The van der Waals surface area contributed by atoms with E-state index in [9.17, 15) is 14.4 Å². The summed E-state index contributed by atoms with van der Waals surface area (Å²) in [7, 11) is 1.70. The highest BCUT2D eigenvalue weighted by Crippen LogP contribution is 2.28. The van der Waals surface area contributed by atoms with Crippen LogP contribution in [-0.2, 0) is 4.74 Å². The van der Waals surface area contributed by atoms with Crippen molar-refractivity contribution >= 4 is 39.3 Å². The SMILES string of the molecule is Cc1cc(Br)ccc1N(C)C(=O)c1ccc2c(c1)C(=O)N(CC1CCCO1)C2=O. The first kappa shape index (κ1) is 19.8. The van der Waals surface area contributed by atoms with Crippen LogP contribution in [0.25, 0.3) is 0 Å². The summed E-state index contributed by atoms with van der Waals surface area (Å²) in [5, 5.41) is 0. The molecule has 0 N–H and O–H groups in total. The topological polar surface area (TPSA) is 66.9 Å². The van der Waals surface area contributed by atoms with E-state index < -0.39 is 0 Å². The third-order valence-corrected chi connectivity index (χ3v) is 5.95. The number of fused-ring (bicyclic) bond motifs is 1. The van der Waals surface area contributed by atoms with E-state index >= 15 is 0 Å². The highest BCUT2D eigenvalue weighted by Gasteiger charge is 2.38. The number of carbonyl (C=O) groups excluding carboxylic acids is 3. The average molecular weight is 457 g/mol. The summed E-state index contributed by atoms with van der Waals surface area (Å²) < 4.78 is 6.50. The minimum atomic E-state index is -0.363. The second-order valence-electron chi connectivity index (χ2n) is 7.41. The van der Waals surface area contributed by atoms with Crippen molar-refractivity contribution in [3.63, 3.8) is 0 Å². The molecule has 2 aromatic carbocycles. The van der Waals surface area contributed by atoms with Gasteiger partial charge >= 0.3 is 0 Å². The Hall–Kier alpha value is -2.51. The van der Waals surface area contributed by atoms with Gasteiger partial charge in [0.1, 0.15) is 0 Å². The van der Waals surface area contributed by atoms with Gasteiger partial charge in [-0.1, -0.05) is 15.9 Å². The number of hydrogen-bond donors (Lipinski definition) is 0. The van der Waals surface area contributed by atoms with Gasteiger partial charge in [0, 0.05) is 29.4 Å². The van der Waals surface area contributed by atoms with E-state index in [0.717, 1.165) is 28.6 Å². The lowest BCUT2D eigenvalue weighted by atomic mass is 10.0. The van der Waals surface area contributed by atoms with Gasteiger partial charge in [-0.2, -0.15) is 0 Å². The number of hydrogen-bond acceptors (Lipinski definition) is 4. The van der Waals surface area contributed by atoms with E-state index in [1.54, 1.807) is 24.1 Å². The summed E-state index contributed by atoms with van der Waals surface area (Å²) in [4.78, 5) is 41.3. The number of nitrogens with zero attached hydrogens (tertiary/aromatic N) is 2. The zero-order valence-electron chi connectivity index (χ0n) is 16.3. The van der Waals surface area contributed by atoms with E-state index in [4.69, 9.17) is 4.74 Å². The van der Waals surface area contributed by atoms with Crippen molar-refractivity contribution in [2.24, 2.45) is 0 Å². The fraction of sp³-hybridized carbons (Fsp3) is 0.318. The molecule has 1 saturated heterocycles. The van der Waals surface area contributed by atoms with Crippen LogP contribution < -0.4 is 4.90 Å². The van der Waals surface area contributed by atoms with Gasteiger partial charge in [-0.15, -0.1) is 0 Å². The highest BCUT2D eigenvalue weighted by atomic mass is 79.9. The maximum Gasteiger partial charge on any atom is 0.261 e. The van der Waals surface area contributed by atoms with Crippen LogP contribution in [0.2, 0.25) is 0 Å². The lowest BCUT2D eigenvalue weighted by Gasteiger charge is -2.20. The molecule has 1 unspecified atom stereocenters. The van der Waals surface area contributed by atoms with Crippen LogP contribution in [0.4, 0.5) is 5.69 Å². The van der Waals surface area contributed by atoms with Crippen LogP contribution in [0, 0.1) is 6.92 Å². The number of aryl methyl sites for hydroxylation is 1. The molecule has 2 aliphatic heterocycles. The summed E-state index contributed by atoms with van der Waals surface area (Å²) in [6, 6.07) is 10.4. The van der Waals surface area contributed by atoms with E-state index in [2.05, 4.69) is 15.9 Å². The molecule has 7 heteroatoms. The fourth-order valence-electron chi connectivity index (χ4n) is 3.88. The largest absolute Gasteiger partial charge is 0.376 e. The normalized spacial score (nSPS) is 18.3. The Morgan fingerprint density at radius 2 is 1.93 bits per heavy atom. The predicted molar refractivity (Wildman–Crippen MR) is 112 cm³/mol. The molecule has 0 aromatic heterocycles. The predicted octanol–water partition coefficient (Wildman–Crippen LogP) is 3.81. The van der Waals surface area contributed by atoms with Crippen molar-refractivity contribution in [1.82, 2.24) is 4.90 Å². The van der Waals surface area contributed by atoms with Crippen molar-refractivity contribution in [3.05, 3.63) is 63.1 Å². The molecule has 6 nitrogen and oxygen atoms in total. The average Bonchev–Trinajstić information content (AvgIpc) is 3.30. The first-order chi connectivity index (χ1) is 13.9. The lowest BCUT2D eigenvalue weighted by molar-refractivity contribution is 0.0475. The lowest BCUT2D eigenvalue weighted by Crippen LogP contribution is -2.36. The zero-order valence-corrected chi connectivity index (χ0v) is 17.9. The fourth-order valence-corrected chi connectivity index (χ4v) is 4.36. The molecule has 4 rings (SSSR count). The maximum atomic E-state index is 13.0. The smallest absolute Gasteiger partial charge is 0.261 e. The molecule has 1 fully saturated rings. The van der Waals surface area contributed by atoms with Gasteiger partial charge in [-0.25, -0.2) is 0 Å². The number of anilines is 1. The number of amides is 3. The van der Waals surface area contributed by atoms with Crippen molar-refractivity contribution in [2.75, 3.05) is 25.1 Å². The van der Waals surface area contributed by atoms with Gasteiger partial charge in [0.25, 0.3) is 17.7 Å². The molecule has 1 atom stereocenters. The first-order valence-electron chi connectivity index (χ1n) is 9.53. The Bertz CT molecular complexity index is 1010. The van der Waals surface area contributed by atoms with E-state index in [1.807, 2.05) is 25.1 Å². The second kappa shape index (κ2) is 7.72. The number of halogens is 1. The van der Waals surface area contributed by atoms with Gasteiger partial charge < -0.3 is 9.64 Å². The molecular formula is C22H21BrN2O4. The van der Waals surface area contributed by atoms with Crippen molar-refractivity contribution < 1.29 is 19.1 Å². The second-order valence-corrected chi connectivity index (χ2v) is 8.33. The van der Waals surface area contributed by atoms with Gasteiger partial charge in [-0.05, 0) is 61.7 Å². The third kappa shape index (κ3) is 3.60. The Balaban J connectivity index is 1.59. The molecule has 0 bridgehead atoms. The van der Waals surface area contributed by atoms with Crippen LogP contribution in [-0.4, -0.2) is 48.9 Å². The van der Waals surface area contributed by atoms with Gasteiger partial charge in [0.15, 0.2) is 0 Å². The summed E-state index contributed by atoms with van der Waals surface area (Å²) in [6.07, 6.45) is 1.67. The number of imide groups is 1. The zero-order chi connectivity index (χ0) is 20.7. The van der Waals surface area contributed by atoms with E-state index in [0.29, 0.717) is 17.7 Å². The van der Waals surface area contributed by atoms with Crippen molar-refractivity contribution in [1.29, 1.82) is 0 Å². The summed E-state index contributed by atoms with van der Waals surface area (Å²) >= 11 is 3.42. The first-order valence-corrected chi connectivity index (χ1v) is 10.3. The number of carbonyl (C=O) groups is 3. The summed E-state index contributed by atoms with van der Waals surface area (Å²) in [5.74, 6) is -0.926. The van der Waals surface area contributed by atoms with Gasteiger partial charge in [0.05, 0.1) is 23.8 Å². The molecule has 2 aromatic rings. The summed E-state index contributed by atoms with van der Waals surface area (Å²) in [5.41, 5.74) is 2.71. The Labute approximate surface area is 177 Å². The Kier molecular flexibility index (Phi) is 5.27. The molecule has 2 heterocycles. The Morgan fingerprint density at radius 1 is 1.17 bits per heavy atom. The van der Waals surface area contributed by atoms with Crippen LogP contribution >= 0.6 is 15.9 Å².